The minimum absolute atomic E-state index is 0.0554. The van der Waals surface area contributed by atoms with Crippen LogP contribution in [0.3, 0.4) is 0 Å². The van der Waals surface area contributed by atoms with E-state index < -0.39 is 34.8 Å². The summed E-state index contributed by atoms with van der Waals surface area (Å²) in [5.41, 5.74) is -0.619. The third-order valence-electron chi connectivity index (χ3n) is 5.22. The highest BCUT2D eigenvalue weighted by molar-refractivity contribution is 5.95. The Hall–Kier alpha value is -4.15. The molecule has 3 aromatic rings. The van der Waals surface area contributed by atoms with E-state index in [-0.39, 0.29) is 23.9 Å². The van der Waals surface area contributed by atoms with Crippen molar-refractivity contribution in [1.29, 1.82) is 0 Å². The molecule has 4 rings (SSSR count). The number of alkyl halides is 3. The number of carbonyl (C=O) groups is 2. The van der Waals surface area contributed by atoms with Crippen molar-refractivity contribution in [1.82, 2.24) is 15.1 Å². The predicted molar refractivity (Wildman–Crippen MR) is 116 cm³/mol. The summed E-state index contributed by atoms with van der Waals surface area (Å²) in [5.74, 6) is -0.609. The number of nitrogens with zero attached hydrogens (tertiary/aromatic N) is 2. The summed E-state index contributed by atoms with van der Waals surface area (Å²) in [7, 11) is 0. The van der Waals surface area contributed by atoms with Gasteiger partial charge in [-0.15, -0.1) is 0 Å². The molecule has 0 fully saturated rings. The number of fused-ring (bicyclic) bond motifs is 1. The van der Waals surface area contributed by atoms with Crippen molar-refractivity contribution in [2.75, 3.05) is 11.9 Å². The second-order valence-corrected chi connectivity index (χ2v) is 7.75. The van der Waals surface area contributed by atoms with Gasteiger partial charge in [-0.05, 0) is 49.7 Å². The number of benzene rings is 2. The highest BCUT2D eigenvalue weighted by atomic mass is 19.4. The number of hydrogen-bond donors (Lipinski definition) is 2. The van der Waals surface area contributed by atoms with Crippen LogP contribution >= 0.6 is 0 Å². The van der Waals surface area contributed by atoms with Crippen molar-refractivity contribution < 1.29 is 27.5 Å². The van der Waals surface area contributed by atoms with Gasteiger partial charge in [-0.25, -0.2) is 4.68 Å². The Bertz CT molecular complexity index is 1350. The molecular formula is C23H19F3N4O4. The maximum absolute atomic E-state index is 13.1. The molecule has 0 saturated carbocycles. The number of anilines is 1. The lowest BCUT2D eigenvalue weighted by atomic mass is 10.1. The van der Waals surface area contributed by atoms with Gasteiger partial charge in [0.1, 0.15) is 5.75 Å². The van der Waals surface area contributed by atoms with Gasteiger partial charge in [-0.1, -0.05) is 12.1 Å². The monoisotopic (exact) mass is 472 g/mol. The molecule has 8 nitrogen and oxygen atoms in total. The molecule has 34 heavy (non-hydrogen) atoms. The van der Waals surface area contributed by atoms with Gasteiger partial charge in [-0.3, -0.25) is 14.4 Å². The molecule has 2 aromatic carbocycles. The molecule has 1 atom stereocenters. The molecule has 1 aliphatic heterocycles. The van der Waals surface area contributed by atoms with E-state index in [2.05, 4.69) is 15.7 Å². The molecule has 1 unspecified atom stereocenters. The van der Waals surface area contributed by atoms with E-state index in [0.717, 1.165) is 22.9 Å². The van der Waals surface area contributed by atoms with E-state index in [1.807, 2.05) is 0 Å². The first-order chi connectivity index (χ1) is 16.0. The maximum atomic E-state index is 13.1. The standard InChI is InChI=1S/C23H19F3N4O4/c1-12-8-18(31)21(29-30(12)16-5-3-4-15(10-16)23(24,25)26)22(33)27-13(2)14-6-7-19-17(9-14)28-20(32)11-34-19/h3-10,13H,11H2,1-2H3,(H,27,33)(H,28,32). The van der Waals surface area contributed by atoms with Crippen molar-refractivity contribution in [3.05, 3.63) is 81.3 Å². The lowest BCUT2D eigenvalue weighted by molar-refractivity contribution is -0.137. The molecule has 1 aliphatic rings. The minimum atomic E-state index is -4.56. The van der Waals surface area contributed by atoms with Crippen molar-refractivity contribution in [3.63, 3.8) is 0 Å². The van der Waals surface area contributed by atoms with E-state index in [1.54, 1.807) is 25.1 Å². The number of nitrogens with one attached hydrogen (secondary N) is 2. The SMILES string of the molecule is Cc1cc(=O)c(C(=O)NC(C)c2ccc3c(c2)NC(=O)CO3)nn1-c1cccc(C(F)(F)F)c1. The Kier molecular flexibility index (Phi) is 5.86. The van der Waals surface area contributed by atoms with Gasteiger partial charge in [0.15, 0.2) is 12.3 Å². The van der Waals surface area contributed by atoms with Crippen LogP contribution in [0.4, 0.5) is 18.9 Å². The quantitative estimate of drug-likeness (QED) is 0.606. The van der Waals surface area contributed by atoms with Gasteiger partial charge in [0.2, 0.25) is 5.43 Å². The first kappa shape index (κ1) is 23.0. The summed E-state index contributed by atoms with van der Waals surface area (Å²) in [6, 6.07) is 9.97. The van der Waals surface area contributed by atoms with E-state index >= 15 is 0 Å². The number of aryl methyl sites for hydroxylation is 1. The van der Waals surface area contributed by atoms with Crippen LogP contribution in [0.15, 0.2) is 53.3 Å². The number of halogens is 3. The number of rotatable bonds is 4. The smallest absolute Gasteiger partial charge is 0.416 e. The van der Waals surface area contributed by atoms with Crippen molar-refractivity contribution in [2.45, 2.75) is 26.1 Å². The summed E-state index contributed by atoms with van der Waals surface area (Å²) in [6.07, 6.45) is -4.56. The highest BCUT2D eigenvalue weighted by Crippen LogP contribution is 2.31. The Morgan fingerprint density at radius 2 is 1.94 bits per heavy atom. The van der Waals surface area contributed by atoms with E-state index in [4.69, 9.17) is 4.74 Å². The van der Waals surface area contributed by atoms with Crippen LogP contribution in [0.5, 0.6) is 5.75 Å². The van der Waals surface area contributed by atoms with Gasteiger partial charge in [0, 0.05) is 11.8 Å². The number of aromatic nitrogens is 2. The Labute approximate surface area is 191 Å². The van der Waals surface area contributed by atoms with Crippen LogP contribution in [-0.2, 0) is 11.0 Å². The predicted octanol–water partition coefficient (Wildman–Crippen LogP) is 3.38. The summed E-state index contributed by atoms with van der Waals surface area (Å²) >= 11 is 0. The van der Waals surface area contributed by atoms with Gasteiger partial charge in [0.25, 0.3) is 11.8 Å². The fourth-order valence-corrected chi connectivity index (χ4v) is 3.50. The first-order valence-electron chi connectivity index (χ1n) is 10.2. The molecule has 2 heterocycles. The van der Waals surface area contributed by atoms with Crippen molar-refractivity contribution in [2.24, 2.45) is 0 Å². The summed E-state index contributed by atoms with van der Waals surface area (Å²) < 4.78 is 45.8. The van der Waals surface area contributed by atoms with Crippen LogP contribution < -0.4 is 20.8 Å². The van der Waals surface area contributed by atoms with E-state index in [9.17, 15) is 27.6 Å². The largest absolute Gasteiger partial charge is 0.482 e. The van der Waals surface area contributed by atoms with Gasteiger partial charge in [-0.2, -0.15) is 18.3 Å². The van der Waals surface area contributed by atoms with Gasteiger partial charge >= 0.3 is 6.18 Å². The number of carbonyl (C=O) groups excluding carboxylic acids is 2. The lowest BCUT2D eigenvalue weighted by Gasteiger charge is -2.21. The Balaban J connectivity index is 1.61. The Morgan fingerprint density at radius 3 is 2.68 bits per heavy atom. The second-order valence-electron chi connectivity index (χ2n) is 7.75. The zero-order valence-corrected chi connectivity index (χ0v) is 18.1. The zero-order valence-electron chi connectivity index (χ0n) is 18.1. The maximum Gasteiger partial charge on any atom is 0.416 e. The topological polar surface area (TPSA) is 102 Å². The molecule has 0 spiro atoms. The first-order valence-corrected chi connectivity index (χ1v) is 10.2. The molecule has 11 heteroatoms. The molecular weight excluding hydrogens is 453 g/mol. The van der Waals surface area contributed by atoms with Gasteiger partial charge < -0.3 is 15.4 Å². The summed E-state index contributed by atoms with van der Waals surface area (Å²) in [5, 5.41) is 9.37. The third kappa shape index (κ3) is 4.63. The van der Waals surface area contributed by atoms with Crippen LogP contribution in [0.25, 0.3) is 5.69 Å². The molecule has 0 radical (unpaired) electrons. The van der Waals surface area contributed by atoms with Crippen LogP contribution in [0.2, 0.25) is 0 Å². The fraction of sp³-hybridized carbons (Fsp3) is 0.217. The number of amides is 2. The van der Waals surface area contributed by atoms with Crippen LogP contribution in [-0.4, -0.2) is 28.2 Å². The fourth-order valence-electron chi connectivity index (χ4n) is 3.50. The number of ether oxygens (including phenoxy) is 1. The summed E-state index contributed by atoms with van der Waals surface area (Å²) in [6.45, 7) is 3.09. The van der Waals surface area contributed by atoms with E-state index in [1.165, 1.54) is 19.1 Å². The second kappa shape index (κ2) is 8.65. The Morgan fingerprint density at radius 1 is 1.18 bits per heavy atom. The molecule has 176 valence electrons. The minimum Gasteiger partial charge on any atom is -0.482 e. The van der Waals surface area contributed by atoms with Crippen LogP contribution in [0.1, 0.15) is 40.3 Å². The molecule has 0 bridgehead atoms. The highest BCUT2D eigenvalue weighted by Gasteiger charge is 2.31. The molecule has 0 aliphatic carbocycles. The average molecular weight is 472 g/mol. The summed E-state index contributed by atoms with van der Waals surface area (Å²) in [4.78, 5) is 36.9. The molecule has 0 saturated heterocycles. The average Bonchev–Trinajstić information content (AvgIpc) is 2.78. The van der Waals surface area contributed by atoms with Crippen molar-refractivity contribution >= 4 is 17.5 Å². The van der Waals surface area contributed by atoms with Crippen LogP contribution in [0, 0.1) is 6.92 Å². The van der Waals surface area contributed by atoms with Gasteiger partial charge in [0.05, 0.1) is 23.0 Å². The number of hydrogen-bond acceptors (Lipinski definition) is 5. The molecule has 1 aromatic heterocycles. The molecule has 2 amide bonds. The van der Waals surface area contributed by atoms with Crippen molar-refractivity contribution in [3.8, 4) is 11.4 Å². The zero-order chi connectivity index (χ0) is 24.6. The normalized spacial score (nSPS) is 14.0. The third-order valence-corrected chi connectivity index (χ3v) is 5.22. The lowest BCUT2D eigenvalue weighted by Crippen LogP contribution is -2.33. The molecule has 2 N–H and O–H groups in total. The van der Waals surface area contributed by atoms with E-state index in [0.29, 0.717) is 17.0 Å².